The molecule has 0 aliphatic heterocycles. The topological polar surface area (TPSA) is 68.3 Å². The summed E-state index contributed by atoms with van der Waals surface area (Å²) >= 11 is 5.61. The summed E-state index contributed by atoms with van der Waals surface area (Å²) in [5, 5.41) is 1.58. The fourth-order valence-corrected chi connectivity index (χ4v) is 1.90. The molecule has 0 saturated heterocycles. The summed E-state index contributed by atoms with van der Waals surface area (Å²) in [5.74, 6) is -4.86. The van der Waals surface area contributed by atoms with Crippen LogP contribution in [0.2, 0.25) is 5.02 Å². The second-order valence-corrected chi connectivity index (χ2v) is 5.21. The molecular formula is C15H8ClF5N2O3. The third kappa shape index (κ3) is 4.88. The van der Waals surface area contributed by atoms with Gasteiger partial charge in [0.15, 0.2) is 24.1 Å². The van der Waals surface area contributed by atoms with E-state index in [4.69, 9.17) is 11.6 Å². The van der Waals surface area contributed by atoms with Crippen LogP contribution >= 0.6 is 11.6 Å². The van der Waals surface area contributed by atoms with Crippen molar-refractivity contribution in [1.29, 1.82) is 0 Å². The van der Waals surface area contributed by atoms with Crippen LogP contribution in [0.4, 0.5) is 27.8 Å². The number of hydrogen-bond acceptors (Lipinski definition) is 4. The molecular weight excluding hydrogens is 387 g/mol. The highest BCUT2D eigenvalue weighted by Gasteiger charge is 2.31. The smallest absolute Gasteiger partial charge is 0.417 e. The van der Waals surface area contributed by atoms with Gasteiger partial charge in [-0.15, -0.1) is 0 Å². The Hall–Kier alpha value is -2.75. The van der Waals surface area contributed by atoms with Crippen molar-refractivity contribution in [3.63, 3.8) is 0 Å². The summed E-state index contributed by atoms with van der Waals surface area (Å²) in [5.41, 5.74) is -1.44. The van der Waals surface area contributed by atoms with Crippen LogP contribution in [0, 0.1) is 11.6 Å². The average Bonchev–Trinajstić information content (AvgIpc) is 2.56. The van der Waals surface area contributed by atoms with Gasteiger partial charge in [0.2, 0.25) is 0 Å². The first-order valence-electron chi connectivity index (χ1n) is 6.72. The van der Waals surface area contributed by atoms with Gasteiger partial charge >= 0.3 is 12.1 Å². The van der Waals surface area contributed by atoms with E-state index in [2.05, 4.69) is 15.0 Å². The lowest BCUT2D eigenvalue weighted by Gasteiger charge is -2.10. The number of esters is 1. The van der Waals surface area contributed by atoms with Crippen LogP contribution in [0.3, 0.4) is 0 Å². The second-order valence-electron chi connectivity index (χ2n) is 4.81. The second kappa shape index (κ2) is 7.65. The molecule has 0 unspecified atom stereocenters. The van der Waals surface area contributed by atoms with Gasteiger partial charge in [-0.25, -0.2) is 18.6 Å². The molecule has 1 aromatic heterocycles. The minimum Gasteiger partial charge on any atom is -0.452 e. The van der Waals surface area contributed by atoms with Crippen LogP contribution in [0.1, 0.15) is 15.9 Å². The van der Waals surface area contributed by atoms with Crippen molar-refractivity contribution < 1.29 is 36.3 Å². The van der Waals surface area contributed by atoms with Crippen molar-refractivity contribution in [1.82, 2.24) is 4.98 Å². The van der Waals surface area contributed by atoms with Gasteiger partial charge in [-0.1, -0.05) is 11.6 Å². The Bertz CT molecular complexity index is 858. The van der Waals surface area contributed by atoms with Crippen LogP contribution in [0.5, 0.6) is 0 Å². The maximum Gasteiger partial charge on any atom is 0.417 e. The lowest BCUT2D eigenvalue weighted by molar-refractivity contribution is -0.137. The SMILES string of the molecule is O=C(COC(=O)c1ccc(F)c(F)c1)Nc1ncc(C(F)(F)F)cc1Cl. The number of rotatable bonds is 4. The molecule has 1 N–H and O–H groups in total. The van der Waals surface area contributed by atoms with Crippen LogP contribution in [0.15, 0.2) is 30.5 Å². The van der Waals surface area contributed by atoms with Crippen molar-refractivity contribution in [3.8, 4) is 0 Å². The third-order valence-electron chi connectivity index (χ3n) is 2.92. The predicted octanol–water partition coefficient (Wildman–Crippen LogP) is 3.83. The van der Waals surface area contributed by atoms with Gasteiger partial charge in [-0.3, -0.25) is 4.79 Å². The van der Waals surface area contributed by atoms with Crippen molar-refractivity contribution in [3.05, 3.63) is 58.2 Å². The number of aromatic nitrogens is 1. The largest absolute Gasteiger partial charge is 0.452 e. The Labute approximate surface area is 147 Å². The monoisotopic (exact) mass is 394 g/mol. The standard InChI is InChI=1S/C15H8ClF5N2O3/c16-9-4-8(15(19,20)21)5-22-13(9)23-12(24)6-26-14(25)7-1-2-10(17)11(18)3-7/h1-5H,6H2,(H,22,23,24). The van der Waals surface area contributed by atoms with Gasteiger partial charge < -0.3 is 10.1 Å². The Morgan fingerprint density at radius 2 is 1.85 bits per heavy atom. The Kier molecular flexibility index (Phi) is 5.76. The molecule has 0 spiro atoms. The lowest BCUT2D eigenvalue weighted by Crippen LogP contribution is -2.22. The number of hydrogen-bond donors (Lipinski definition) is 1. The molecule has 0 radical (unpaired) electrons. The number of anilines is 1. The lowest BCUT2D eigenvalue weighted by atomic mass is 10.2. The van der Waals surface area contributed by atoms with E-state index >= 15 is 0 Å². The number of ether oxygens (including phenoxy) is 1. The highest BCUT2D eigenvalue weighted by molar-refractivity contribution is 6.33. The van der Waals surface area contributed by atoms with E-state index in [0.29, 0.717) is 24.4 Å². The number of carbonyl (C=O) groups excluding carboxylic acids is 2. The van der Waals surface area contributed by atoms with Gasteiger partial charge in [-0.2, -0.15) is 13.2 Å². The molecule has 0 atom stereocenters. The Morgan fingerprint density at radius 3 is 2.42 bits per heavy atom. The van der Waals surface area contributed by atoms with E-state index < -0.39 is 46.9 Å². The molecule has 5 nitrogen and oxygen atoms in total. The molecule has 1 amide bonds. The minimum atomic E-state index is -4.65. The van der Waals surface area contributed by atoms with Gasteiger partial charge in [-0.05, 0) is 24.3 Å². The van der Waals surface area contributed by atoms with Crippen LogP contribution in [-0.4, -0.2) is 23.5 Å². The van der Waals surface area contributed by atoms with Crippen LogP contribution in [0.25, 0.3) is 0 Å². The summed E-state index contributed by atoms with van der Waals surface area (Å²) < 4.78 is 67.9. The van der Waals surface area contributed by atoms with E-state index in [0.717, 1.165) is 6.07 Å². The van der Waals surface area contributed by atoms with E-state index in [9.17, 15) is 31.5 Å². The van der Waals surface area contributed by atoms with Gasteiger partial charge in [0.25, 0.3) is 5.91 Å². The fraction of sp³-hybridized carbons (Fsp3) is 0.133. The average molecular weight is 395 g/mol. The summed E-state index contributed by atoms with van der Waals surface area (Å²) in [6, 6.07) is 2.81. The number of nitrogens with one attached hydrogen (secondary N) is 1. The third-order valence-corrected chi connectivity index (χ3v) is 3.20. The zero-order valence-electron chi connectivity index (χ0n) is 12.5. The number of alkyl halides is 3. The highest BCUT2D eigenvalue weighted by atomic mass is 35.5. The summed E-state index contributed by atoms with van der Waals surface area (Å²) in [4.78, 5) is 26.7. The van der Waals surface area contributed by atoms with Crippen LogP contribution < -0.4 is 5.32 Å². The molecule has 0 saturated carbocycles. The number of amides is 1. The van der Waals surface area contributed by atoms with Crippen molar-refractivity contribution in [2.45, 2.75) is 6.18 Å². The quantitative estimate of drug-likeness (QED) is 0.632. The van der Waals surface area contributed by atoms with E-state index in [1.165, 1.54) is 0 Å². The molecule has 0 aliphatic carbocycles. The molecule has 11 heteroatoms. The van der Waals surface area contributed by atoms with Gasteiger partial charge in [0, 0.05) is 6.20 Å². The van der Waals surface area contributed by atoms with Crippen molar-refractivity contribution in [2.24, 2.45) is 0 Å². The maximum absolute atomic E-state index is 13.0. The summed E-state index contributed by atoms with van der Waals surface area (Å²) in [6.45, 7) is -0.850. The zero-order valence-corrected chi connectivity index (χ0v) is 13.3. The predicted molar refractivity (Wildman–Crippen MR) is 79.5 cm³/mol. The zero-order chi connectivity index (χ0) is 19.5. The van der Waals surface area contributed by atoms with E-state index in [1.54, 1.807) is 0 Å². The minimum absolute atomic E-state index is 0.331. The summed E-state index contributed by atoms with van der Waals surface area (Å²) in [7, 11) is 0. The van der Waals surface area contributed by atoms with E-state index in [-0.39, 0.29) is 11.4 Å². The fourth-order valence-electron chi connectivity index (χ4n) is 1.69. The molecule has 1 heterocycles. The van der Waals surface area contributed by atoms with Crippen molar-refractivity contribution >= 4 is 29.3 Å². The summed E-state index contributed by atoms with van der Waals surface area (Å²) in [6.07, 6.45) is -4.19. The molecule has 2 rings (SSSR count). The van der Waals surface area contributed by atoms with Crippen LogP contribution in [-0.2, 0) is 15.7 Å². The number of halogens is 6. The molecule has 0 aliphatic rings. The Morgan fingerprint density at radius 1 is 1.15 bits per heavy atom. The maximum atomic E-state index is 13.0. The normalized spacial score (nSPS) is 11.2. The first-order valence-corrected chi connectivity index (χ1v) is 7.10. The molecule has 0 bridgehead atoms. The van der Waals surface area contributed by atoms with Gasteiger partial charge in [0.1, 0.15) is 0 Å². The first-order chi connectivity index (χ1) is 12.1. The molecule has 26 heavy (non-hydrogen) atoms. The number of benzene rings is 1. The number of nitrogens with zero attached hydrogens (tertiary/aromatic N) is 1. The molecule has 2 aromatic rings. The molecule has 0 fully saturated rings. The molecule has 1 aromatic carbocycles. The first kappa shape index (κ1) is 19.6. The van der Waals surface area contributed by atoms with Crippen molar-refractivity contribution in [2.75, 3.05) is 11.9 Å². The number of carbonyl (C=O) groups is 2. The molecule has 138 valence electrons. The highest BCUT2D eigenvalue weighted by Crippen LogP contribution is 2.32. The Balaban J connectivity index is 1.96. The van der Waals surface area contributed by atoms with E-state index in [1.807, 2.05) is 0 Å². The number of pyridine rings is 1. The van der Waals surface area contributed by atoms with Gasteiger partial charge in [0.05, 0.1) is 16.1 Å².